The summed E-state index contributed by atoms with van der Waals surface area (Å²) in [5, 5.41) is 9.12. The van der Waals surface area contributed by atoms with Crippen LogP contribution in [0.3, 0.4) is 0 Å². The maximum atomic E-state index is 13.7. The van der Waals surface area contributed by atoms with Crippen molar-refractivity contribution in [2.45, 2.75) is 19.3 Å². The maximum Gasteiger partial charge on any atom is 0.451 e. The van der Waals surface area contributed by atoms with Gasteiger partial charge < -0.3 is 14.8 Å². The Labute approximate surface area is 138 Å². The zero-order valence-electron chi connectivity index (χ0n) is 11.9. The molecule has 1 aromatic heterocycles. The Morgan fingerprint density at radius 3 is 2.67 bits per heavy atom. The lowest BCUT2D eigenvalue weighted by Gasteiger charge is -2.28. The van der Waals surface area contributed by atoms with Crippen molar-refractivity contribution in [3.05, 3.63) is 40.7 Å². The molecule has 11 heteroatoms. The fourth-order valence-corrected chi connectivity index (χ4v) is 2.48. The number of carbonyl (C=O) groups excluding carboxylic acids is 1. The van der Waals surface area contributed by atoms with E-state index >= 15 is 0 Å². The van der Waals surface area contributed by atoms with E-state index in [1.165, 1.54) is 17.0 Å². The number of benzene rings is 1. The summed E-state index contributed by atoms with van der Waals surface area (Å²) >= 11 is 5.62. The fourth-order valence-electron chi connectivity index (χ4n) is 2.33. The second-order valence-electron chi connectivity index (χ2n) is 5.07. The van der Waals surface area contributed by atoms with Crippen molar-refractivity contribution in [2.75, 3.05) is 11.9 Å². The first-order chi connectivity index (χ1) is 11.3. The molecule has 1 N–H and O–H groups in total. The predicted molar refractivity (Wildman–Crippen MR) is 75.9 cm³/mol. The summed E-state index contributed by atoms with van der Waals surface area (Å²) in [6, 6.07) is 3.09. The van der Waals surface area contributed by atoms with Gasteiger partial charge in [-0.1, -0.05) is 11.6 Å². The molecule has 0 saturated heterocycles. The Hall–Kier alpha value is -2.36. The molecule has 0 saturated carbocycles. The van der Waals surface area contributed by atoms with Gasteiger partial charge in [0, 0.05) is 18.1 Å². The molecule has 0 spiro atoms. The van der Waals surface area contributed by atoms with Gasteiger partial charge in [-0.05, 0) is 18.2 Å². The van der Waals surface area contributed by atoms with Crippen LogP contribution >= 0.6 is 11.6 Å². The highest BCUT2D eigenvalue weighted by molar-refractivity contribution is 6.30. The second kappa shape index (κ2) is 5.93. The molecule has 24 heavy (non-hydrogen) atoms. The highest BCUT2D eigenvalue weighted by atomic mass is 35.5. The highest BCUT2D eigenvalue weighted by Crippen LogP contribution is 2.29. The van der Waals surface area contributed by atoms with E-state index in [9.17, 15) is 22.4 Å². The zero-order valence-corrected chi connectivity index (χ0v) is 12.7. The Morgan fingerprint density at radius 2 is 2.00 bits per heavy atom. The molecular formula is C13H10ClF4N5O. The number of urea groups is 1. The SMILES string of the molecule is O=C(Nc1ccc(Cl)cc1F)N1CCn2c(nnc2C(F)(F)F)C1. The number of fused-ring (bicyclic) bond motifs is 1. The molecule has 0 unspecified atom stereocenters. The molecule has 2 heterocycles. The lowest BCUT2D eigenvalue weighted by atomic mass is 10.3. The summed E-state index contributed by atoms with van der Waals surface area (Å²) in [6.45, 7) is -0.257. The van der Waals surface area contributed by atoms with Gasteiger partial charge in [-0.3, -0.25) is 0 Å². The van der Waals surface area contributed by atoms with Gasteiger partial charge in [0.2, 0.25) is 5.82 Å². The van der Waals surface area contributed by atoms with Crippen LogP contribution in [0.5, 0.6) is 0 Å². The Bertz CT molecular complexity index is 791. The number of rotatable bonds is 1. The van der Waals surface area contributed by atoms with Gasteiger partial charge in [-0.15, -0.1) is 10.2 Å². The van der Waals surface area contributed by atoms with Crippen molar-refractivity contribution in [3.63, 3.8) is 0 Å². The van der Waals surface area contributed by atoms with Gasteiger partial charge in [-0.2, -0.15) is 13.2 Å². The van der Waals surface area contributed by atoms with Gasteiger partial charge in [0.25, 0.3) is 0 Å². The van der Waals surface area contributed by atoms with Crippen molar-refractivity contribution in [1.82, 2.24) is 19.7 Å². The lowest BCUT2D eigenvalue weighted by molar-refractivity contribution is -0.147. The second-order valence-corrected chi connectivity index (χ2v) is 5.50. The maximum absolute atomic E-state index is 13.7. The van der Waals surface area contributed by atoms with E-state index in [1.54, 1.807) is 0 Å². The van der Waals surface area contributed by atoms with Crippen LogP contribution in [0.25, 0.3) is 0 Å². The molecular weight excluding hydrogens is 354 g/mol. The topological polar surface area (TPSA) is 63.1 Å². The van der Waals surface area contributed by atoms with E-state index in [-0.39, 0.29) is 36.2 Å². The third kappa shape index (κ3) is 3.14. The lowest BCUT2D eigenvalue weighted by Crippen LogP contribution is -2.41. The third-order valence-corrected chi connectivity index (χ3v) is 3.70. The van der Waals surface area contributed by atoms with Crippen LogP contribution in [0.2, 0.25) is 5.02 Å². The summed E-state index contributed by atoms with van der Waals surface area (Å²) < 4.78 is 52.9. The van der Waals surface area contributed by atoms with Gasteiger partial charge >= 0.3 is 12.2 Å². The van der Waals surface area contributed by atoms with E-state index in [4.69, 9.17) is 11.6 Å². The molecule has 0 fully saturated rings. The van der Waals surface area contributed by atoms with Gasteiger partial charge in [0.05, 0.1) is 12.2 Å². The first-order valence-electron chi connectivity index (χ1n) is 6.76. The molecule has 2 aromatic rings. The van der Waals surface area contributed by atoms with Crippen molar-refractivity contribution >= 4 is 23.3 Å². The average Bonchev–Trinajstić information content (AvgIpc) is 2.93. The summed E-state index contributed by atoms with van der Waals surface area (Å²) in [4.78, 5) is 13.4. The van der Waals surface area contributed by atoms with E-state index < -0.39 is 23.8 Å². The molecule has 3 rings (SSSR count). The number of alkyl halides is 3. The largest absolute Gasteiger partial charge is 0.451 e. The van der Waals surface area contributed by atoms with Crippen LogP contribution < -0.4 is 5.32 Å². The Kier molecular flexibility index (Phi) is 4.08. The van der Waals surface area contributed by atoms with Crippen LogP contribution in [0.15, 0.2) is 18.2 Å². The van der Waals surface area contributed by atoms with Crippen molar-refractivity contribution < 1.29 is 22.4 Å². The fraction of sp³-hybridized carbons (Fsp3) is 0.308. The molecule has 1 aliphatic heterocycles. The van der Waals surface area contributed by atoms with Gasteiger partial charge in [0.1, 0.15) is 5.82 Å². The number of nitrogens with zero attached hydrogens (tertiary/aromatic N) is 4. The van der Waals surface area contributed by atoms with E-state index in [1.807, 2.05) is 0 Å². The number of halogens is 5. The number of carbonyl (C=O) groups is 1. The summed E-state index contributed by atoms with van der Waals surface area (Å²) in [5.74, 6) is -1.79. The standard InChI is InChI=1S/C13H10ClF4N5O/c14-7-1-2-9(8(15)5-7)19-12(24)22-3-4-23-10(6-22)20-21-11(23)13(16,17)18/h1-2,5H,3-4,6H2,(H,19,24). The van der Waals surface area contributed by atoms with Gasteiger partial charge in [0.15, 0.2) is 5.82 Å². The number of nitrogens with one attached hydrogen (secondary N) is 1. The van der Waals surface area contributed by atoms with E-state index in [0.29, 0.717) is 0 Å². The minimum atomic E-state index is -4.61. The zero-order chi connectivity index (χ0) is 17.5. The molecule has 6 nitrogen and oxygen atoms in total. The molecule has 1 aliphatic rings. The number of amides is 2. The molecule has 1 aromatic carbocycles. The first kappa shape index (κ1) is 16.5. The number of aromatic nitrogens is 3. The third-order valence-electron chi connectivity index (χ3n) is 3.47. The Morgan fingerprint density at radius 1 is 1.25 bits per heavy atom. The predicted octanol–water partition coefficient (Wildman–Crippen LogP) is 3.14. The Balaban J connectivity index is 1.73. The molecule has 2 amide bonds. The molecule has 0 aliphatic carbocycles. The number of hydrogen-bond donors (Lipinski definition) is 1. The van der Waals surface area contributed by atoms with Gasteiger partial charge in [-0.25, -0.2) is 9.18 Å². The first-order valence-corrected chi connectivity index (χ1v) is 7.14. The highest BCUT2D eigenvalue weighted by Gasteiger charge is 2.39. The minimum absolute atomic E-state index is 0.00909. The van der Waals surface area contributed by atoms with Crippen LogP contribution in [-0.2, 0) is 19.3 Å². The number of hydrogen-bond acceptors (Lipinski definition) is 3. The van der Waals surface area contributed by atoms with Crippen molar-refractivity contribution in [1.29, 1.82) is 0 Å². The molecule has 128 valence electrons. The molecule has 0 radical (unpaired) electrons. The average molecular weight is 364 g/mol. The normalized spacial score (nSPS) is 14.5. The van der Waals surface area contributed by atoms with Crippen LogP contribution in [0.4, 0.5) is 28.0 Å². The van der Waals surface area contributed by atoms with Crippen LogP contribution in [0, 0.1) is 5.82 Å². The smallest absolute Gasteiger partial charge is 0.315 e. The minimum Gasteiger partial charge on any atom is -0.315 e. The summed E-state index contributed by atoms with van der Waals surface area (Å²) in [7, 11) is 0. The van der Waals surface area contributed by atoms with Crippen molar-refractivity contribution in [3.8, 4) is 0 Å². The molecule has 0 bridgehead atoms. The van der Waals surface area contributed by atoms with Crippen LogP contribution in [0.1, 0.15) is 11.6 Å². The summed E-state index contributed by atoms with van der Waals surface area (Å²) in [6.07, 6.45) is -4.61. The molecule has 0 atom stereocenters. The van der Waals surface area contributed by atoms with Crippen molar-refractivity contribution in [2.24, 2.45) is 0 Å². The quantitative estimate of drug-likeness (QED) is 0.792. The monoisotopic (exact) mass is 363 g/mol. The van der Waals surface area contributed by atoms with E-state index in [0.717, 1.165) is 10.6 Å². The van der Waals surface area contributed by atoms with Crippen LogP contribution in [-0.4, -0.2) is 32.2 Å². The number of anilines is 1. The van der Waals surface area contributed by atoms with E-state index in [2.05, 4.69) is 15.5 Å². The summed E-state index contributed by atoms with van der Waals surface area (Å²) in [5.41, 5.74) is -0.0765.